The van der Waals surface area contributed by atoms with Crippen LogP contribution in [-0.4, -0.2) is 12.6 Å². The fraction of sp³-hybridized carbons (Fsp3) is 0.941. The van der Waals surface area contributed by atoms with E-state index in [9.17, 15) is 4.79 Å². The van der Waals surface area contributed by atoms with Crippen molar-refractivity contribution in [3.63, 3.8) is 0 Å². The average molecular weight is 264 g/mol. The Hall–Kier alpha value is -0.530. The number of carbonyl (C=O) groups excluding carboxylic acids is 1. The first-order valence-corrected chi connectivity index (χ1v) is 8.04. The van der Waals surface area contributed by atoms with E-state index < -0.39 is 0 Å². The van der Waals surface area contributed by atoms with E-state index in [1.165, 1.54) is 6.42 Å². The van der Waals surface area contributed by atoms with Gasteiger partial charge in [-0.05, 0) is 54.3 Å². The summed E-state index contributed by atoms with van der Waals surface area (Å²) in [6, 6.07) is 0. The van der Waals surface area contributed by atoms with E-state index in [4.69, 9.17) is 4.74 Å². The van der Waals surface area contributed by atoms with Gasteiger partial charge in [0.15, 0.2) is 0 Å². The van der Waals surface area contributed by atoms with Gasteiger partial charge in [0.25, 0.3) is 0 Å². The molecular weight excluding hydrogens is 236 g/mol. The summed E-state index contributed by atoms with van der Waals surface area (Å²) < 4.78 is 5.39. The molecule has 0 amide bonds. The third kappa shape index (κ3) is 1.36. The standard InChI is InChI=1S/C17H28O2/c1-10(2)17(11(3)4)12(5)13-8-14(17)16(9-13)6-7-19-15(16)18/h10-14H,6-9H2,1-5H3. The summed E-state index contributed by atoms with van der Waals surface area (Å²) in [6.45, 7) is 12.6. The molecule has 1 heterocycles. The zero-order valence-electron chi connectivity index (χ0n) is 13.0. The van der Waals surface area contributed by atoms with Gasteiger partial charge in [0, 0.05) is 0 Å². The van der Waals surface area contributed by atoms with Crippen LogP contribution in [0.25, 0.3) is 0 Å². The number of cyclic esters (lactones) is 1. The predicted octanol–water partition coefficient (Wildman–Crippen LogP) is 3.89. The number of rotatable bonds is 2. The quantitative estimate of drug-likeness (QED) is 0.707. The fourth-order valence-corrected chi connectivity index (χ4v) is 6.61. The first-order valence-electron chi connectivity index (χ1n) is 8.04. The van der Waals surface area contributed by atoms with Gasteiger partial charge in [0.05, 0.1) is 12.0 Å². The lowest BCUT2D eigenvalue weighted by atomic mass is 9.49. The van der Waals surface area contributed by atoms with Crippen molar-refractivity contribution in [1.29, 1.82) is 0 Å². The summed E-state index contributed by atoms with van der Waals surface area (Å²) in [7, 11) is 0. The molecule has 0 radical (unpaired) electrons. The van der Waals surface area contributed by atoms with Crippen molar-refractivity contribution in [3.05, 3.63) is 0 Å². The summed E-state index contributed by atoms with van der Waals surface area (Å²) in [5.74, 6) is 3.44. The average Bonchev–Trinajstić information content (AvgIpc) is 2.94. The third-order valence-electron chi connectivity index (χ3n) is 7.12. The molecule has 2 nitrogen and oxygen atoms in total. The topological polar surface area (TPSA) is 26.3 Å². The van der Waals surface area contributed by atoms with E-state index in [2.05, 4.69) is 34.6 Å². The van der Waals surface area contributed by atoms with Crippen LogP contribution < -0.4 is 0 Å². The molecule has 2 aliphatic carbocycles. The molecule has 1 aliphatic heterocycles. The highest BCUT2D eigenvalue weighted by atomic mass is 16.5. The van der Waals surface area contributed by atoms with Crippen molar-refractivity contribution >= 4 is 5.97 Å². The molecule has 4 atom stereocenters. The minimum atomic E-state index is -0.119. The zero-order valence-corrected chi connectivity index (χ0v) is 13.0. The monoisotopic (exact) mass is 264 g/mol. The Bertz CT molecular complexity index is 390. The van der Waals surface area contributed by atoms with Gasteiger partial charge < -0.3 is 4.74 Å². The second-order valence-electron chi connectivity index (χ2n) is 7.89. The van der Waals surface area contributed by atoms with Crippen LogP contribution in [0, 0.1) is 40.4 Å². The number of esters is 1. The van der Waals surface area contributed by atoms with Crippen LogP contribution in [0.2, 0.25) is 0 Å². The van der Waals surface area contributed by atoms with Gasteiger partial charge in [-0.1, -0.05) is 34.6 Å². The van der Waals surface area contributed by atoms with E-state index in [0.29, 0.717) is 29.8 Å². The molecule has 2 saturated carbocycles. The predicted molar refractivity (Wildman–Crippen MR) is 75.5 cm³/mol. The van der Waals surface area contributed by atoms with Gasteiger partial charge in [0.2, 0.25) is 0 Å². The Morgan fingerprint density at radius 2 is 1.84 bits per heavy atom. The summed E-state index contributed by atoms with van der Waals surface area (Å²) >= 11 is 0. The molecule has 1 spiro atoms. The van der Waals surface area contributed by atoms with Crippen molar-refractivity contribution in [3.8, 4) is 0 Å². The summed E-state index contributed by atoms with van der Waals surface area (Å²) in [5, 5.41) is 0. The molecule has 3 aliphatic rings. The lowest BCUT2D eigenvalue weighted by Gasteiger charge is -2.54. The number of ether oxygens (including phenoxy) is 1. The SMILES string of the molecule is CC(C)C1(C(C)C)C(C)C2CC1C1(CCOC1=O)C2. The summed E-state index contributed by atoms with van der Waals surface area (Å²) in [4.78, 5) is 12.4. The molecule has 0 aromatic carbocycles. The zero-order chi connectivity index (χ0) is 14.0. The van der Waals surface area contributed by atoms with Crippen LogP contribution in [0.4, 0.5) is 0 Å². The molecule has 0 N–H and O–H groups in total. The Balaban J connectivity index is 2.09. The number of fused-ring (bicyclic) bond motifs is 3. The maximum Gasteiger partial charge on any atom is 0.312 e. The lowest BCUT2D eigenvalue weighted by molar-refractivity contribution is -0.158. The maximum atomic E-state index is 12.4. The molecule has 108 valence electrons. The largest absolute Gasteiger partial charge is 0.465 e. The van der Waals surface area contributed by atoms with Crippen molar-refractivity contribution in [2.24, 2.45) is 40.4 Å². The number of hydrogen-bond donors (Lipinski definition) is 0. The molecule has 0 aromatic heterocycles. The Morgan fingerprint density at radius 1 is 1.21 bits per heavy atom. The van der Waals surface area contributed by atoms with Crippen LogP contribution in [0.1, 0.15) is 53.9 Å². The highest BCUT2D eigenvalue weighted by molar-refractivity contribution is 5.80. The molecule has 2 bridgehead atoms. The summed E-state index contributed by atoms with van der Waals surface area (Å²) in [5.41, 5.74) is 0.206. The highest BCUT2D eigenvalue weighted by Crippen LogP contribution is 2.73. The molecule has 1 saturated heterocycles. The van der Waals surface area contributed by atoms with Crippen molar-refractivity contribution in [2.45, 2.75) is 53.9 Å². The van der Waals surface area contributed by atoms with Crippen LogP contribution >= 0.6 is 0 Å². The van der Waals surface area contributed by atoms with Gasteiger partial charge in [-0.25, -0.2) is 0 Å². The molecular formula is C17H28O2. The van der Waals surface area contributed by atoms with E-state index in [1.807, 2.05) is 0 Å². The van der Waals surface area contributed by atoms with Crippen LogP contribution in [0.3, 0.4) is 0 Å². The number of carbonyl (C=O) groups is 1. The van der Waals surface area contributed by atoms with Crippen LogP contribution in [0.5, 0.6) is 0 Å². The Kier molecular flexibility index (Phi) is 2.82. The Labute approximate surface area is 117 Å². The highest BCUT2D eigenvalue weighted by Gasteiger charge is 2.71. The van der Waals surface area contributed by atoms with Crippen molar-refractivity contribution < 1.29 is 9.53 Å². The minimum absolute atomic E-state index is 0.119. The second-order valence-corrected chi connectivity index (χ2v) is 7.89. The van der Waals surface area contributed by atoms with Gasteiger partial charge in [-0.2, -0.15) is 0 Å². The first kappa shape index (κ1) is 13.5. The van der Waals surface area contributed by atoms with Gasteiger partial charge >= 0.3 is 5.97 Å². The first-order chi connectivity index (χ1) is 8.87. The summed E-state index contributed by atoms with van der Waals surface area (Å²) in [6.07, 6.45) is 3.33. The van der Waals surface area contributed by atoms with Crippen LogP contribution in [0.15, 0.2) is 0 Å². The van der Waals surface area contributed by atoms with E-state index >= 15 is 0 Å². The lowest BCUT2D eigenvalue weighted by Crippen LogP contribution is -2.52. The van der Waals surface area contributed by atoms with Crippen molar-refractivity contribution in [2.75, 3.05) is 6.61 Å². The maximum absolute atomic E-state index is 12.4. The molecule has 19 heavy (non-hydrogen) atoms. The van der Waals surface area contributed by atoms with Gasteiger partial charge in [0.1, 0.15) is 0 Å². The molecule has 3 fully saturated rings. The fourth-order valence-electron chi connectivity index (χ4n) is 6.61. The van der Waals surface area contributed by atoms with E-state index in [-0.39, 0.29) is 11.4 Å². The second kappa shape index (κ2) is 3.99. The third-order valence-corrected chi connectivity index (χ3v) is 7.12. The van der Waals surface area contributed by atoms with Crippen molar-refractivity contribution in [1.82, 2.24) is 0 Å². The number of hydrogen-bond acceptors (Lipinski definition) is 2. The smallest absolute Gasteiger partial charge is 0.312 e. The molecule has 3 rings (SSSR count). The van der Waals surface area contributed by atoms with E-state index in [0.717, 1.165) is 24.7 Å². The van der Waals surface area contributed by atoms with Gasteiger partial charge in [-0.3, -0.25) is 4.79 Å². The van der Waals surface area contributed by atoms with Crippen LogP contribution in [-0.2, 0) is 9.53 Å². The van der Waals surface area contributed by atoms with E-state index in [1.54, 1.807) is 0 Å². The molecule has 0 aromatic rings. The van der Waals surface area contributed by atoms with Gasteiger partial charge in [-0.15, -0.1) is 0 Å². The molecule has 4 unspecified atom stereocenters. The normalized spacial score (nSPS) is 43.7. The minimum Gasteiger partial charge on any atom is -0.465 e. The molecule has 2 heteroatoms. The Morgan fingerprint density at radius 3 is 2.26 bits per heavy atom.